The highest BCUT2D eigenvalue weighted by atomic mass is 15.3. The molecule has 0 fully saturated rings. The molecule has 4 rings (SSSR count). The van der Waals surface area contributed by atoms with Crippen LogP contribution in [0.1, 0.15) is 22.4 Å². The molecule has 3 nitrogen and oxygen atoms in total. The zero-order valence-electron chi connectivity index (χ0n) is 13.9. The molecule has 0 N–H and O–H groups in total. The van der Waals surface area contributed by atoms with E-state index < -0.39 is 0 Å². The molecule has 0 unspecified atom stereocenters. The monoisotopic (exact) mass is 325 g/mol. The average molecular weight is 325 g/mol. The van der Waals surface area contributed by atoms with Crippen molar-refractivity contribution in [3.05, 3.63) is 114 Å². The highest BCUT2D eigenvalue weighted by molar-refractivity contribution is 5.32. The lowest BCUT2D eigenvalue weighted by Crippen LogP contribution is -2.01. The van der Waals surface area contributed by atoms with Gasteiger partial charge < -0.3 is 0 Å². The van der Waals surface area contributed by atoms with Crippen LogP contribution in [0.5, 0.6) is 0 Å². The van der Waals surface area contributed by atoms with Crippen molar-refractivity contribution < 1.29 is 0 Å². The van der Waals surface area contributed by atoms with Gasteiger partial charge in [0.05, 0.1) is 0 Å². The topological polar surface area (TPSA) is 30.7 Å². The van der Waals surface area contributed by atoms with E-state index in [0.29, 0.717) is 0 Å². The molecule has 0 aliphatic carbocycles. The number of aromatic nitrogens is 3. The Kier molecular flexibility index (Phi) is 4.38. The van der Waals surface area contributed by atoms with E-state index >= 15 is 0 Å². The van der Waals surface area contributed by atoms with Gasteiger partial charge in [0.2, 0.25) is 0 Å². The molecule has 25 heavy (non-hydrogen) atoms. The van der Waals surface area contributed by atoms with Gasteiger partial charge in [-0.05, 0) is 41.3 Å². The summed E-state index contributed by atoms with van der Waals surface area (Å²) < 4.78 is 1.79. The molecule has 4 aromatic rings. The number of nitrogens with zero attached hydrogens (tertiary/aromatic N) is 3. The Morgan fingerprint density at radius 1 is 0.680 bits per heavy atom. The first kappa shape index (κ1) is 15.3. The van der Waals surface area contributed by atoms with E-state index in [1.165, 1.54) is 16.7 Å². The summed E-state index contributed by atoms with van der Waals surface area (Å²) in [7, 11) is 0. The smallest absolute Gasteiger partial charge is 0.153 e. The van der Waals surface area contributed by atoms with Crippen molar-refractivity contribution in [2.45, 2.75) is 12.8 Å². The number of hydrogen-bond acceptors (Lipinski definition) is 2. The van der Waals surface area contributed by atoms with E-state index in [-0.39, 0.29) is 0 Å². The number of pyridine rings is 1. The third kappa shape index (κ3) is 3.83. The largest absolute Gasteiger partial charge is 0.233 e. The van der Waals surface area contributed by atoms with Crippen LogP contribution in [0.4, 0.5) is 0 Å². The molecule has 2 aromatic carbocycles. The molecule has 2 heterocycles. The molecule has 0 atom stereocenters. The Morgan fingerprint density at radius 3 is 2.24 bits per heavy atom. The Morgan fingerprint density at radius 2 is 1.44 bits per heavy atom. The lowest BCUT2D eigenvalue weighted by atomic mass is 10.0. The molecule has 0 saturated heterocycles. The van der Waals surface area contributed by atoms with Gasteiger partial charge in [-0.15, -0.1) is 0 Å². The van der Waals surface area contributed by atoms with Crippen LogP contribution in [0.2, 0.25) is 0 Å². The summed E-state index contributed by atoms with van der Waals surface area (Å²) in [4.78, 5) is 4.72. The van der Waals surface area contributed by atoms with E-state index in [2.05, 4.69) is 65.8 Å². The van der Waals surface area contributed by atoms with E-state index in [1.54, 1.807) is 10.9 Å². The maximum absolute atomic E-state index is 4.72. The van der Waals surface area contributed by atoms with Gasteiger partial charge in [0.25, 0.3) is 0 Å². The van der Waals surface area contributed by atoms with Gasteiger partial charge in [-0.2, -0.15) is 5.10 Å². The Balaban J connectivity index is 1.53. The summed E-state index contributed by atoms with van der Waals surface area (Å²) in [5.74, 6) is 0.850. The zero-order chi connectivity index (χ0) is 16.9. The second-order valence-electron chi connectivity index (χ2n) is 6.10. The van der Waals surface area contributed by atoms with E-state index in [1.807, 2.05) is 24.4 Å². The summed E-state index contributed by atoms with van der Waals surface area (Å²) in [6, 6.07) is 27.3. The summed E-state index contributed by atoms with van der Waals surface area (Å²) in [6.07, 6.45) is 5.45. The molecule has 0 radical (unpaired) electrons. The van der Waals surface area contributed by atoms with Gasteiger partial charge in [-0.25, -0.2) is 9.67 Å². The number of hydrogen-bond donors (Lipinski definition) is 0. The standard InChI is InChI=1S/C22H19N3/c1-2-7-18(8-3-1)15-19-9-4-10-20(16-19)17-21-11-5-12-22(24-21)25-14-6-13-23-25/h1-14,16H,15,17H2. The predicted octanol–water partition coefficient (Wildman–Crippen LogP) is 4.45. The van der Waals surface area contributed by atoms with Gasteiger partial charge in [0, 0.05) is 24.5 Å². The molecule has 0 aliphatic rings. The summed E-state index contributed by atoms with van der Waals surface area (Å²) in [5.41, 5.74) is 4.98. The summed E-state index contributed by atoms with van der Waals surface area (Å²) in [5, 5.41) is 4.25. The Bertz CT molecular complexity index is 944. The van der Waals surface area contributed by atoms with Crippen LogP contribution >= 0.6 is 0 Å². The van der Waals surface area contributed by atoms with Crippen LogP contribution in [0, 0.1) is 0 Å². The predicted molar refractivity (Wildman–Crippen MR) is 99.9 cm³/mol. The van der Waals surface area contributed by atoms with Gasteiger partial charge in [-0.1, -0.05) is 60.7 Å². The molecule has 0 saturated carbocycles. The minimum Gasteiger partial charge on any atom is -0.233 e. The molecule has 0 spiro atoms. The van der Waals surface area contributed by atoms with E-state index in [0.717, 1.165) is 24.4 Å². The fourth-order valence-electron chi connectivity index (χ4n) is 2.99. The second-order valence-corrected chi connectivity index (χ2v) is 6.10. The van der Waals surface area contributed by atoms with Crippen molar-refractivity contribution in [3.8, 4) is 5.82 Å². The van der Waals surface area contributed by atoms with Crippen LogP contribution in [-0.2, 0) is 12.8 Å². The van der Waals surface area contributed by atoms with Crippen LogP contribution in [0.15, 0.2) is 91.3 Å². The molecule has 0 bridgehead atoms. The van der Waals surface area contributed by atoms with Crippen molar-refractivity contribution in [2.24, 2.45) is 0 Å². The van der Waals surface area contributed by atoms with E-state index in [4.69, 9.17) is 4.98 Å². The average Bonchev–Trinajstić information content (AvgIpc) is 3.18. The SMILES string of the molecule is c1ccc(Cc2cccc(Cc3cccc(-n4cccn4)n3)c2)cc1. The van der Waals surface area contributed by atoms with Gasteiger partial charge in [-0.3, -0.25) is 0 Å². The first-order valence-corrected chi connectivity index (χ1v) is 8.44. The third-order valence-electron chi connectivity index (χ3n) is 4.16. The minimum absolute atomic E-state index is 0.817. The van der Waals surface area contributed by atoms with Crippen LogP contribution in [-0.4, -0.2) is 14.8 Å². The third-order valence-corrected chi connectivity index (χ3v) is 4.16. The van der Waals surface area contributed by atoms with Crippen molar-refractivity contribution in [1.29, 1.82) is 0 Å². The summed E-state index contributed by atoms with van der Waals surface area (Å²) in [6.45, 7) is 0. The highest BCUT2D eigenvalue weighted by Crippen LogP contribution is 2.15. The normalized spacial score (nSPS) is 10.7. The van der Waals surface area contributed by atoms with Crippen LogP contribution < -0.4 is 0 Å². The fraction of sp³-hybridized carbons (Fsp3) is 0.0909. The second kappa shape index (κ2) is 7.14. The van der Waals surface area contributed by atoms with Crippen LogP contribution in [0.3, 0.4) is 0 Å². The van der Waals surface area contributed by atoms with Gasteiger partial charge in [0.15, 0.2) is 5.82 Å². The lowest BCUT2D eigenvalue weighted by molar-refractivity contribution is 0.835. The van der Waals surface area contributed by atoms with Gasteiger partial charge >= 0.3 is 0 Å². The van der Waals surface area contributed by atoms with Crippen molar-refractivity contribution in [2.75, 3.05) is 0 Å². The number of benzene rings is 2. The van der Waals surface area contributed by atoms with Crippen molar-refractivity contribution in [3.63, 3.8) is 0 Å². The summed E-state index contributed by atoms with van der Waals surface area (Å²) >= 11 is 0. The quantitative estimate of drug-likeness (QED) is 0.543. The minimum atomic E-state index is 0.817. The van der Waals surface area contributed by atoms with Gasteiger partial charge in [0.1, 0.15) is 0 Å². The molecule has 122 valence electrons. The first-order valence-electron chi connectivity index (χ1n) is 8.44. The molecule has 2 aromatic heterocycles. The van der Waals surface area contributed by atoms with E-state index in [9.17, 15) is 0 Å². The Labute approximate surface area is 147 Å². The first-order chi connectivity index (χ1) is 12.4. The van der Waals surface area contributed by atoms with Crippen LogP contribution in [0.25, 0.3) is 5.82 Å². The molecule has 0 amide bonds. The van der Waals surface area contributed by atoms with Crippen molar-refractivity contribution >= 4 is 0 Å². The molecule has 0 aliphatic heterocycles. The van der Waals surface area contributed by atoms with Crippen molar-refractivity contribution in [1.82, 2.24) is 14.8 Å². The fourth-order valence-corrected chi connectivity index (χ4v) is 2.99. The Hall–Kier alpha value is -3.20. The molecule has 3 heteroatoms. The lowest BCUT2D eigenvalue weighted by Gasteiger charge is -2.07. The number of rotatable bonds is 5. The molecular formula is C22H19N3. The zero-order valence-corrected chi connectivity index (χ0v) is 13.9. The maximum atomic E-state index is 4.72. The maximum Gasteiger partial charge on any atom is 0.153 e. The highest BCUT2D eigenvalue weighted by Gasteiger charge is 2.03. The molecular weight excluding hydrogens is 306 g/mol.